The normalized spacial score (nSPS) is 13.2. The van der Waals surface area contributed by atoms with Crippen LogP contribution in [0.25, 0.3) is 10.9 Å². The molecule has 0 saturated heterocycles. The molecule has 0 fully saturated rings. The third-order valence-corrected chi connectivity index (χ3v) is 6.21. The lowest BCUT2D eigenvalue weighted by Gasteiger charge is -2.29. The van der Waals surface area contributed by atoms with E-state index in [2.05, 4.69) is 15.6 Å². The van der Waals surface area contributed by atoms with Crippen LogP contribution >= 0.6 is 11.8 Å². The van der Waals surface area contributed by atoms with Gasteiger partial charge in [-0.15, -0.1) is 11.8 Å². The summed E-state index contributed by atoms with van der Waals surface area (Å²) >= 11 is 1.49. The van der Waals surface area contributed by atoms with Gasteiger partial charge in [0.1, 0.15) is 0 Å². The number of urea groups is 1. The fourth-order valence-electron chi connectivity index (χ4n) is 3.68. The van der Waals surface area contributed by atoms with Crippen LogP contribution < -0.4 is 15.5 Å². The van der Waals surface area contributed by atoms with E-state index in [0.29, 0.717) is 18.0 Å². The first-order valence-corrected chi connectivity index (χ1v) is 10.9. The molecule has 1 aliphatic heterocycles. The van der Waals surface area contributed by atoms with Crippen LogP contribution in [-0.2, 0) is 11.3 Å². The van der Waals surface area contributed by atoms with Gasteiger partial charge in [0.05, 0.1) is 23.7 Å². The van der Waals surface area contributed by atoms with Gasteiger partial charge < -0.3 is 20.5 Å². The second-order valence-electron chi connectivity index (χ2n) is 7.26. The van der Waals surface area contributed by atoms with Gasteiger partial charge in [-0.2, -0.15) is 0 Å². The van der Waals surface area contributed by atoms with Crippen molar-refractivity contribution >= 4 is 51.7 Å². The van der Waals surface area contributed by atoms with Gasteiger partial charge in [-0.1, -0.05) is 48.5 Å². The van der Waals surface area contributed by atoms with Crippen molar-refractivity contribution in [3.63, 3.8) is 0 Å². The lowest BCUT2D eigenvalue weighted by molar-refractivity contribution is -0.116. The zero-order valence-corrected chi connectivity index (χ0v) is 17.4. The van der Waals surface area contributed by atoms with Gasteiger partial charge in [-0.25, -0.2) is 4.79 Å². The summed E-state index contributed by atoms with van der Waals surface area (Å²) in [6.07, 6.45) is 1.78. The van der Waals surface area contributed by atoms with Crippen molar-refractivity contribution < 1.29 is 9.59 Å². The summed E-state index contributed by atoms with van der Waals surface area (Å²) in [6.45, 7) is 0.529. The minimum Gasteiger partial charge on any atom is -0.359 e. The Labute approximate surface area is 183 Å². The average molecular weight is 429 g/mol. The molecule has 0 atom stereocenters. The smallest absolute Gasteiger partial charge is 0.323 e. The molecule has 0 bridgehead atoms. The highest BCUT2D eigenvalue weighted by atomic mass is 32.2. The Kier molecular flexibility index (Phi) is 5.09. The number of hydrogen-bond donors (Lipinski definition) is 3. The fraction of sp³-hybridized carbons (Fsp3) is 0.0833. The number of H-pyrrole nitrogens is 1. The van der Waals surface area contributed by atoms with Crippen molar-refractivity contribution in [3.05, 3.63) is 84.6 Å². The van der Waals surface area contributed by atoms with Crippen LogP contribution in [0.1, 0.15) is 5.56 Å². The van der Waals surface area contributed by atoms with Crippen LogP contribution in [0.5, 0.6) is 0 Å². The molecule has 0 aliphatic carbocycles. The maximum atomic E-state index is 12.5. The molecule has 3 aromatic carbocycles. The Morgan fingerprint density at radius 1 is 1.00 bits per heavy atom. The van der Waals surface area contributed by atoms with Crippen LogP contribution in [0.3, 0.4) is 0 Å². The van der Waals surface area contributed by atoms with Crippen molar-refractivity contribution in [1.29, 1.82) is 0 Å². The van der Waals surface area contributed by atoms with Crippen LogP contribution in [-0.4, -0.2) is 22.7 Å². The minimum atomic E-state index is -0.317. The predicted octanol–water partition coefficient (Wildman–Crippen LogP) is 5.45. The molecule has 154 valence electrons. The zero-order valence-electron chi connectivity index (χ0n) is 16.6. The van der Waals surface area contributed by atoms with E-state index >= 15 is 0 Å². The van der Waals surface area contributed by atoms with Crippen molar-refractivity contribution in [1.82, 2.24) is 4.98 Å². The quantitative estimate of drug-likeness (QED) is 0.404. The predicted molar refractivity (Wildman–Crippen MR) is 126 cm³/mol. The minimum absolute atomic E-state index is 0.0825. The number of para-hydroxylation sites is 1. The number of benzene rings is 3. The Morgan fingerprint density at radius 2 is 1.81 bits per heavy atom. The summed E-state index contributed by atoms with van der Waals surface area (Å²) in [6, 6.07) is 23.0. The summed E-state index contributed by atoms with van der Waals surface area (Å²) in [5.74, 6) is 0.462. The molecule has 1 aromatic heterocycles. The number of aromatic nitrogens is 1. The number of hydrogen-bond acceptors (Lipinski definition) is 3. The number of nitrogens with zero attached hydrogens (tertiary/aromatic N) is 1. The van der Waals surface area contributed by atoms with Gasteiger partial charge in [-0.05, 0) is 29.8 Å². The molecule has 31 heavy (non-hydrogen) atoms. The zero-order chi connectivity index (χ0) is 21.2. The number of carbonyl (C=O) groups excluding carboxylic acids is 2. The summed E-state index contributed by atoms with van der Waals surface area (Å²) in [5.41, 5.74) is 4.31. The molecule has 3 N–H and O–H groups in total. The molecule has 5 rings (SSSR count). The number of fused-ring (bicyclic) bond motifs is 2. The van der Waals surface area contributed by atoms with Crippen LogP contribution in [0, 0.1) is 0 Å². The Morgan fingerprint density at radius 3 is 2.68 bits per heavy atom. The Balaban J connectivity index is 1.32. The molecule has 1 aliphatic rings. The topological polar surface area (TPSA) is 77.2 Å². The van der Waals surface area contributed by atoms with Crippen molar-refractivity contribution in [3.8, 4) is 0 Å². The third-order valence-electron chi connectivity index (χ3n) is 5.18. The van der Waals surface area contributed by atoms with E-state index in [-0.39, 0.29) is 11.9 Å². The van der Waals surface area contributed by atoms with E-state index in [0.717, 1.165) is 32.7 Å². The first-order chi connectivity index (χ1) is 15.2. The number of anilines is 3. The highest BCUT2D eigenvalue weighted by molar-refractivity contribution is 8.00. The van der Waals surface area contributed by atoms with Crippen LogP contribution in [0.2, 0.25) is 0 Å². The molecule has 4 aromatic rings. The Bertz CT molecular complexity index is 1270. The summed E-state index contributed by atoms with van der Waals surface area (Å²) in [4.78, 5) is 31.0. The fourth-order valence-corrected chi connectivity index (χ4v) is 4.65. The number of rotatable bonds is 4. The standard InChI is InChI=1S/C24H20N4O2S/c29-23-15-31-22-12-17(10-11-21(22)28(23)14-16-6-2-1-3-7-16)26-24(30)27-20-13-25-19-9-5-4-8-18(19)20/h1-13,25H,14-15H2,(H2,26,27,30). The summed E-state index contributed by atoms with van der Waals surface area (Å²) in [5, 5.41) is 6.73. The number of carbonyl (C=O) groups is 2. The van der Waals surface area contributed by atoms with Gasteiger partial charge in [0.2, 0.25) is 5.91 Å². The molecule has 0 radical (unpaired) electrons. The molecule has 2 heterocycles. The van der Waals surface area contributed by atoms with E-state index in [1.807, 2.05) is 72.8 Å². The summed E-state index contributed by atoms with van der Waals surface area (Å²) < 4.78 is 0. The highest BCUT2D eigenvalue weighted by Crippen LogP contribution is 2.38. The maximum absolute atomic E-state index is 12.5. The second-order valence-corrected chi connectivity index (χ2v) is 8.28. The van der Waals surface area contributed by atoms with E-state index in [1.165, 1.54) is 11.8 Å². The molecule has 0 saturated carbocycles. The highest BCUT2D eigenvalue weighted by Gasteiger charge is 2.25. The van der Waals surface area contributed by atoms with E-state index in [1.54, 1.807) is 11.1 Å². The average Bonchev–Trinajstić information content (AvgIpc) is 3.19. The van der Waals surface area contributed by atoms with E-state index in [9.17, 15) is 9.59 Å². The molecular weight excluding hydrogens is 408 g/mol. The third kappa shape index (κ3) is 4.00. The van der Waals surface area contributed by atoms with Crippen molar-refractivity contribution in [2.45, 2.75) is 11.4 Å². The Hall–Kier alpha value is -3.71. The molecule has 3 amide bonds. The first-order valence-electron chi connectivity index (χ1n) is 9.93. The van der Waals surface area contributed by atoms with Crippen molar-refractivity contribution in [2.75, 3.05) is 21.3 Å². The molecule has 6 nitrogen and oxygen atoms in total. The van der Waals surface area contributed by atoms with E-state index < -0.39 is 0 Å². The van der Waals surface area contributed by atoms with Gasteiger partial charge >= 0.3 is 6.03 Å². The number of nitrogens with one attached hydrogen (secondary N) is 3. The lowest BCUT2D eigenvalue weighted by Crippen LogP contribution is -2.34. The summed E-state index contributed by atoms with van der Waals surface area (Å²) in [7, 11) is 0. The SMILES string of the molecule is O=C(Nc1ccc2c(c1)SCC(=O)N2Cc1ccccc1)Nc1c[nH]c2ccccc12. The van der Waals surface area contributed by atoms with Crippen LogP contribution in [0.4, 0.5) is 21.9 Å². The van der Waals surface area contributed by atoms with Gasteiger partial charge in [0, 0.05) is 27.7 Å². The molecule has 7 heteroatoms. The first kappa shape index (κ1) is 19.3. The molecular formula is C24H20N4O2S. The van der Waals surface area contributed by atoms with Gasteiger partial charge in [0.25, 0.3) is 0 Å². The lowest BCUT2D eigenvalue weighted by atomic mass is 10.2. The second kappa shape index (κ2) is 8.20. The van der Waals surface area contributed by atoms with Gasteiger partial charge in [-0.3, -0.25) is 4.79 Å². The van der Waals surface area contributed by atoms with Gasteiger partial charge in [0.15, 0.2) is 0 Å². The monoisotopic (exact) mass is 428 g/mol. The number of thioether (sulfide) groups is 1. The van der Waals surface area contributed by atoms with Crippen LogP contribution in [0.15, 0.2) is 83.9 Å². The van der Waals surface area contributed by atoms with E-state index in [4.69, 9.17) is 0 Å². The number of aromatic amines is 1. The largest absolute Gasteiger partial charge is 0.359 e. The van der Waals surface area contributed by atoms with Crippen molar-refractivity contribution in [2.24, 2.45) is 0 Å². The maximum Gasteiger partial charge on any atom is 0.323 e. The molecule has 0 unspecified atom stereocenters. The number of amides is 3. The molecule has 0 spiro atoms.